The van der Waals surface area contributed by atoms with E-state index >= 15 is 0 Å². The van der Waals surface area contributed by atoms with Gasteiger partial charge in [0.05, 0.1) is 12.2 Å². The number of benzene rings is 3. The van der Waals surface area contributed by atoms with E-state index in [2.05, 4.69) is 25.9 Å². The minimum atomic E-state index is -1.02. The summed E-state index contributed by atoms with van der Waals surface area (Å²) < 4.78 is 5.79. The number of nitrogens with zero attached hydrogens (tertiary/aromatic N) is 2. The Bertz CT molecular complexity index is 1580. The molecule has 10 nitrogen and oxygen atoms in total. The zero-order valence-electron chi connectivity index (χ0n) is 21.9. The lowest BCUT2D eigenvalue weighted by Crippen LogP contribution is -2.50. The fourth-order valence-electron chi connectivity index (χ4n) is 5.33. The summed E-state index contributed by atoms with van der Waals surface area (Å²) in [6.45, 7) is 0.507. The molecule has 2 aliphatic rings. The molecule has 0 aliphatic carbocycles. The monoisotopic (exact) mass is 570 g/mol. The highest BCUT2D eigenvalue weighted by molar-refractivity contribution is 6.30. The van der Waals surface area contributed by atoms with Crippen molar-refractivity contribution >= 4 is 46.8 Å². The van der Waals surface area contributed by atoms with Crippen molar-refractivity contribution in [3.05, 3.63) is 107 Å². The maximum Gasteiger partial charge on any atom is 0.412 e. The molecule has 1 saturated heterocycles. The summed E-state index contributed by atoms with van der Waals surface area (Å²) in [4.78, 5) is 48.4. The number of rotatable bonds is 7. The van der Waals surface area contributed by atoms with E-state index < -0.39 is 17.7 Å². The molecule has 4 N–H and O–H groups in total. The SMILES string of the molecule is O=C1Nc2ccc(Cl)cc2C2(CCN(C(=O)C(Cc3ccccc3)NC(=O)c3ccc(Nc4ncc[nH]4)cc3)C2)O1. The van der Waals surface area contributed by atoms with Crippen LogP contribution in [0.2, 0.25) is 5.02 Å². The first-order chi connectivity index (χ1) is 19.9. The quantitative estimate of drug-likeness (QED) is 0.252. The Kier molecular flexibility index (Phi) is 7.07. The third-order valence-corrected chi connectivity index (χ3v) is 7.57. The van der Waals surface area contributed by atoms with Crippen LogP contribution in [-0.2, 0) is 21.6 Å². The van der Waals surface area contributed by atoms with Crippen molar-refractivity contribution in [1.29, 1.82) is 0 Å². The molecule has 3 amide bonds. The van der Waals surface area contributed by atoms with E-state index in [-0.39, 0.29) is 18.4 Å². The van der Waals surface area contributed by atoms with E-state index in [0.717, 1.165) is 16.8 Å². The van der Waals surface area contributed by atoms with E-state index in [0.29, 0.717) is 41.6 Å². The van der Waals surface area contributed by atoms with Crippen molar-refractivity contribution < 1.29 is 19.1 Å². The lowest BCUT2D eigenvalue weighted by atomic mass is 9.90. The molecule has 2 aliphatic heterocycles. The van der Waals surface area contributed by atoms with Gasteiger partial charge in [-0.3, -0.25) is 14.9 Å². The molecular weight excluding hydrogens is 544 g/mol. The molecule has 6 rings (SSSR count). The first-order valence-corrected chi connectivity index (χ1v) is 13.6. The Balaban J connectivity index is 1.21. The van der Waals surface area contributed by atoms with Crippen LogP contribution in [-0.4, -0.2) is 51.9 Å². The van der Waals surface area contributed by atoms with Gasteiger partial charge in [-0.1, -0.05) is 41.9 Å². The zero-order chi connectivity index (χ0) is 28.4. The average Bonchev–Trinajstić information content (AvgIpc) is 3.64. The highest BCUT2D eigenvalue weighted by atomic mass is 35.5. The van der Waals surface area contributed by atoms with Crippen molar-refractivity contribution in [3.8, 4) is 0 Å². The summed E-state index contributed by atoms with van der Waals surface area (Å²) >= 11 is 6.27. The summed E-state index contributed by atoms with van der Waals surface area (Å²) in [5, 5.41) is 9.27. The number of H-pyrrole nitrogens is 1. The third-order valence-electron chi connectivity index (χ3n) is 7.33. The number of imidazole rings is 1. The number of ether oxygens (including phenoxy) is 1. The second-order valence-electron chi connectivity index (χ2n) is 10.1. The van der Waals surface area contributed by atoms with Gasteiger partial charge in [-0.25, -0.2) is 9.78 Å². The van der Waals surface area contributed by atoms with E-state index in [9.17, 15) is 14.4 Å². The fourth-order valence-corrected chi connectivity index (χ4v) is 5.50. The van der Waals surface area contributed by atoms with Gasteiger partial charge in [0.2, 0.25) is 11.9 Å². The second-order valence-corrected chi connectivity index (χ2v) is 10.5. The van der Waals surface area contributed by atoms with Gasteiger partial charge < -0.3 is 25.3 Å². The third kappa shape index (κ3) is 5.59. The topological polar surface area (TPSA) is 128 Å². The summed E-state index contributed by atoms with van der Waals surface area (Å²) in [6.07, 6.45) is 3.48. The first-order valence-electron chi connectivity index (χ1n) is 13.2. The van der Waals surface area contributed by atoms with E-state index in [1.165, 1.54) is 0 Å². The summed E-state index contributed by atoms with van der Waals surface area (Å²) in [5.41, 5.74) is 2.40. The number of fused-ring (bicyclic) bond motifs is 2. The number of aromatic amines is 1. The van der Waals surface area contributed by atoms with Gasteiger partial charge in [-0.05, 0) is 48.0 Å². The minimum absolute atomic E-state index is 0.154. The molecule has 11 heteroatoms. The van der Waals surface area contributed by atoms with Crippen molar-refractivity contribution in [1.82, 2.24) is 20.2 Å². The molecule has 3 heterocycles. The van der Waals surface area contributed by atoms with Crippen LogP contribution in [0.25, 0.3) is 0 Å². The van der Waals surface area contributed by atoms with Gasteiger partial charge >= 0.3 is 6.09 Å². The molecule has 208 valence electrons. The smallest absolute Gasteiger partial charge is 0.412 e. The number of likely N-dealkylation sites (tertiary alicyclic amines) is 1. The van der Waals surface area contributed by atoms with Gasteiger partial charge in [0.1, 0.15) is 6.04 Å². The second kappa shape index (κ2) is 11.0. The normalized spacial score (nSPS) is 18.3. The Morgan fingerprint density at radius 2 is 1.90 bits per heavy atom. The molecule has 1 aromatic heterocycles. The van der Waals surface area contributed by atoms with Gasteiger partial charge in [-0.15, -0.1) is 0 Å². The van der Waals surface area contributed by atoms with Crippen LogP contribution in [0.1, 0.15) is 27.9 Å². The molecule has 0 bridgehead atoms. The standard InChI is InChI=1S/C30H27ClN6O4/c31-21-8-11-24-23(17-21)30(41-29(40)36-24)12-15-37(18-30)27(39)25(16-19-4-2-1-3-5-19)35-26(38)20-6-9-22(10-7-20)34-28-32-13-14-33-28/h1-11,13-14,17,25H,12,15-16,18H2,(H,35,38)(H,36,40)(H2,32,33,34). The number of aromatic nitrogens is 2. The van der Waals surface area contributed by atoms with Crippen molar-refractivity contribution in [3.63, 3.8) is 0 Å². The van der Waals surface area contributed by atoms with Crippen molar-refractivity contribution in [2.24, 2.45) is 0 Å². The molecule has 1 spiro atoms. The van der Waals surface area contributed by atoms with Gasteiger partial charge in [0.15, 0.2) is 5.60 Å². The van der Waals surface area contributed by atoms with Crippen LogP contribution in [0.4, 0.5) is 22.1 Å². The number of amides is 3. The number of anilines is 3. The van der Waals surface area contributed by atoms with Crippen LogP contribution in [0, 0.1) is 0 Å². The number of hydrogen-bond donors (Lipinski definition) is 4. The van der Waals surface area contributed by atoms with Crippen LogP contribution in [0.15, 0.2) is 85.2 Å². The molecule has 1 fully saturated rings. The molecule has 2 unspecified atom stereocenters. The average molecular weight is 571 g/mol. The molecule has 41 heavy (non-hydrogen) atoms. The molecular formula is C30H27ClN6O4. The molecule has 2 atom stereocenters. The van der Waals surface area contributed by atoms with Crippen LogP contribution < -0.4 is 16.0 Å². The van der Waals surface area contributed by atoms with Crippen LogP contribution in [0.5, 0.6) is 0 Å². The summed E-state index contributed by atoms with van der Waals surface area (Å²) in [7, 11) is 0. The maximum absolute atomic E-state index is 13.9. The van der Waals surface area contributed by atoms with E-state index in [1.54, 1.807) is 59.8 Å². The lowest BCUT2D eigenvalue weighted by Gasteiger charge is -2.35. The number of hydrogen-bond acceptors (Lipinski definition) is 6. The number of carbonyl (C=O) groups excluding carboxylic acids is 3. The first kappa shape index (κ1) is 26.4. The van der Waals surface area contributed by atoms with Gasteiger partial charge in [0, 0.05) is 53.6 Å². The van der Waals surface area contributed by atoms with Crippen molar-refractivity contribution in [2.75, 3.05) is 23.7 Å². The number of carbonyl (C=O) groups is 3. The van der Waals surface area contributed by atoms with Gasteiger partial charge in [-0.2, -0.15) is 0 Å². The molecule has 3 aromatic carbocycles. The van der Waals surface area contributed by atoms with E-state index in [1.807, 2.05) is 30.3 Å². The van der Waals surface area contributed by atoms with Crippen LogP contribution >= 0.6 is 11.6 Å². The predicted molar refractivity (Wildman–Crippen MR) is 154 cm³/mol. The molecule has 0 radical (unpaired) electrons. The number of halogens is 1. The minimum Gasteiger partial charge on any atom is -0.436 e. The Morgan fingerprint density at radius 1 is 1.10 bits per heavy atom. The Morgan fingerprint density at radius 3 is 2.66 bits per heavy atom. The Hall–Kier alpha value is -4.83. The van der Waals surface area contributed by atoms with Crippen molar-refractivity contribution in [2.45, 2.75) is 24.5 Å². The zero-order valence-corrected chi connectivity index (χ0v) is 22.6. The molecule has 0 saturated carbocycles. The highest BCUT2D eigenvalue weighted by Gasteiger charge is 2.49. The largest absolute Gasteiger partial charge is 0.436 e. The summed E-state index contributed by atoms with van der Waals surface area (Å²) in [5.74, 6) is -0.0417. The maximum atomic E-state index is 13.9. The Labute approximate surface area is 241 Å². The lowest BCUT2D eigenvalue weighted by molar-refractivity contribution is -0.133. The van der Waals surface area contributed by atoms with Crippen LogP contribution in [0.3, 0.4) is 0 Å². The fraction of sp³-hybridized carbons (Fsp3) is 0.200. The number of nitrogens with one attached hydrogen (secondary N) is 4. The summed E-state index contributed by atoms with van der Waals surface area (Å²) in [6, 6.07) is 20.8. The molecule has 4 aromatic rings. The van der Waals surface area contributed by atoms with E-state index in [4.69, 9.17) is 16.3 Å². The predicted octanol–water partition coefficient (Wildman–Crippen LogP) is 4.84. The van der Waals surface area contributed by atoms with Gasteiger partial charge in [0.25, 0.3) is 5.91 Å². The highest BCUT2D eigenvalue weighted by Crippen LogP contribution is 2.43.